The third kappa shape index (κ3) is 4.44. The van der Waals surface area contributed by atoms with Gasteiger partial charge in [0.1, 0.15) is 16.6 Å². The first-order valence-corrected chi connectivity index (χ1v) is 9.95. The van der Waals surface area contributed by atoms with Gasteiger partial charge in [-0.3, -0.25) is 4.79 Å². The Hall–Kier alpha value is -2.33. The van der Waals surface area contributed by atoms with Crippen LogP contribution < -0.4 is 16.8 Å². The first kappa shape index (κ1) is 18.5. The molecule has 5 N–H and O–H groups in total. The second kappa shape index (κ2) is 7.92. The fourth-order valence-electron chi connectivity index (χ4n) is 2.39. The Morgan fingerprint density at radius 1 is 1.35 bits per heavy atom. The van der Waals surface area contributed by atoms with Crippen LogP contribution in [0.15, 0.2) is 16.6 Å². The molecule has 0 unspecified atom stereocenters. The van der Waals surface area contributed by atoms with E-state index in [9.17, 15) is 9.59 Å². The predicted octanol–water partition coefficient (Wildman–Crippen LogP) is 2.49. The number of carbonyl (C=O) groups is 2. The minimum absolute atomic E-state index is 0.0713. The summed E-state index contributed by atoms with van der Waals surface area (Å²) in [6.07, 6.45) is 2.11. The number of esters is 1. The molecule has 0 aliphatic heterocycles. The van der Waals surface area contributed by atoms with Crippen molar-refractivity contribution in [3.05, 3.63) is 22.6 Å². The molecular formula is C16H19N5O3S2. The number of aromatic nitrogens is 2. The molecule has 2 heterocycles. The van der Waals surface area contributed by atoms with Crippen LogP contribution in [-0.4, -0.2) is 34.2 Å². The Labute approximate surface area is 158 Å². The Balaban J connectivity index is 1.68. The van der Waals surface area contributed by atoms with Crippen LogP contribution in [0.3, 0.4) is 0 Å². The van der Waals surface area contributed by atoms with E-state index in [1.54, 1.807) is 6.92 Å². The number of hydrogen-bond acceptors (Lipinski definition) is 9. The topological polar surface area (TPSA) is 133 Å². The van der Waals surface area contributed by atoms with Crippen LogP contribution in [0.1, 0.15) is 41.6 Å². The third-order valence-electron chi connectivity index (χ3n) is 3.65. The zero-order valence-corrected chi connectivity index (χ0v) is 15.8. The van der Waals surface area contributed by atoms with Crippen LogP contribution in [0, 0.1) is 0 Å². The van der Waals surface area contributed by atoms with Gasteiger partial charge in [-0.15, -0.1) is 11.3 Å². The van der Waals surface area contributed by atoms with Gasteiger partial charge < -0.3 is 21.5 Å². The van der Waals surface area contributed by atoms with Crippen LogP contribution in [-0.2, 0) is 9.53 Å². The zero-order valence-electron chi connectivity index (χ0n) is 14.2. The monoisotopic (exact) mass is 393 g/mol. The molecule has 10 heteroatoms. The molecule has 1 fully saturated rings. The Morgan fingerprint density at radius 3 is 2.65 bits per heavy atom. The summed E-state index contributed by atoms with van der Waals surface area (Å²) >= 11 is 2.46. The lowest BCUT2D eigenvalue weighted by molar-refractivity contribution is -0.113. The molecule has 1 aliphatic carbocycles. The summed E-state index contributed by atoms with van der Waals surface area (Å²) in [6.45, 7) is 2.05. The van der Waals surface area contributed by atoms with Crippen molar-refractivity contribution in [2.75, 3.05) is 29.1 Å². The molecule has 0 saturated heterocycles. The second-order valence-electron chi connectivity index (χ2n) is 5.73. The smallest absolute Gasteiger partial charge is 0.341 e. The summed E-state index contributed by atoms with van der Waals surface area (Å²) in [7, 11) is 0. The highest BCUT2D eigenvalue weighted by Crippen LogP contribution is 2.46. The first-order valence-electron chi connectivity index (χ1n) is 8.09. The molecule has 26 heavy (non-hydrogen) atoms. The molecule has 0 atom stereocenters. The van der Waals surface area contributed by atoms with Crippen molar-refractivity contribution >= 4 is 51.6 Å². The number of ether oxygens (including phenoxy) is 1. The average Bonchev–Trinajstić information content (AvgIpc) is 3.33. The molecule has 1 aliphatic rings. The maximum atomic E-state index is 12.3. The highest BCUT2D eigenvalue weighted by molar-refractivity contribution is 7.99. The lowest BCUT2D eigenvalue weighted by Gasteiger charge is -2.08. The molecule has 0 aromatic carbocycles. The van der Waals surface area contributed by atoms with E-state index in [-0.39, 0.29) is 29.9 Å². The van der Waals surface area contributed by atoms with Gasteiger partial charge in [-0.1, -0.05) is 11.8 Å². The first-order chi connectivity index (χ1) is 12.5. The molecule has 0 bridgehead atoms. The lowest BCUT2D eigenvalue weighted by Crippen LogP contribution is -2.17. The van der Waals surface area contributed by atoms with E-state index in [2.05, 4.69) is 15.3 Å². The maximum Gasteiger partial charge on any atom is 0.341 e. The SMILES string of the molecule is CCOC(=O)c1c(C2CC2)csc1NC(=O)CSc1nc(N)cc(N)n1. The summed E-state index contributed by atoms with van der Waals surface area (Å²) in [4.78, 5) is 32.6. The van der Waals surface area contributed by atoms with Gasteiger partial charge in [-0.2, -0.15) is 0 Å². The van der Waals surface area contributed by atoms with Gasteiger partial charge in [-0.25, -0.2) is 14.8 Å². The molecule has 1 saturated carbocycles. The molecule has 0 spiro atoms. The summed E-state index contributed by atoms with van der Waals surface area (Å²) in [5.74, 6) is 0.283. The van der Waals surface area contributed by atoms with Crippen molar-refractivity contribution in [2.45, 2.75) is 30.8 Å². The second-order valence-corrected chi connectivity index (χ2v) is 7.55. The van der Waals surface area contributed by atoms with Gasteiger partial charge in [-0.05, 0) is 36.6 Å². The molecule has 2 aromatic heterocycles. The number of amides is 1. The fourth-order valence-corrected chi connectivity index (χ4v) is 4.11. The normalized spacial score (nSPS) is 13.4. The van der Waals surface area contributed by atoms with Crippen LogP contribution >= 0.6 is 23.1 Å². The average molecular weight is 393 g/mol. The van der Waals surface area contributed by atoms with E-state index >= 15 is 0 Å². The molecule has 2 aromatic rings. The number of nitrogens with two attached hydrogens (primary N) is 2. The van der Waals surface area contributed by atoms with E-state index < -0.39 is 5.97 Å². The molecular weight excluding hydrogens is 374 g/mol. The van der Waals surface area contributed by atoms with Gasteiger partial charge in [0.05, 0.1) is 17.9 Å². The summed E-state index contributed by atoms with van der Waals surface area (Å²) in [6, 6.07) is 1.45. The molecule has 0 radical (unpaired) electrons. The number of hydrogen-bond donors (Lipinski definition) is 3. The number of nitrogens with zero attached hydrogens (tertiary/aromatic N) is 2. The summed E-state index contributed by atoms with van der Waals surface area (Å²) in [5.41, 5.74) is 12.7. The van der Waals surface area contributed by atoms with Crippen LogP contribution in [0.4, 0.5) is 16.6 Å². The van der Waals surface area contributed by atoms with Crippen LogP contribution in [0.2, 0.25) is 0 Å². The number of thioether (sulfide) groups is 1. The Bertz CT molecular complexity index is 815. The van der Waals surface area contributed by atoms with Crippen LogP contribution in [0.5, 0.6) is 0 Å². The minimum Gasteiger partial charge on any atom is -0.462 e. The van der Waals surface area contributed by atoms with E-state index in [0.29, 0.717) is 21.6 Å². The van der Waals surface area contributed by atoms with Crippen molar-refractivity contribution in [1.82, 2.24) is 9.97 Å². The van der Waals surface area contributed by atoms with Gasteiger partial charge in [0.25, 0.3) is 0 Å². The Kier molecular flexibility index (Phi) is 5.62. The Morgan fingerprint density at radius 2 is 2.04 bits per heavy atom. The van der Waals surface area contributed by atoms with E-state index in [0.717, 1.165) is 30.2 Å². The fraction of sp³-hybridized carbons (Fsp3) is 0.375. The summed E-state index contributed by atoms with van der Waals surface area (Å²) < 4.78 is 5.15. The van der Waals surface area contributed by atoms with Crippen molar-refractivity contribution in [3.63, 3.8) is 0 Å². The lowest BCUT2D eigenvalue weighted by atomic mass is 10.1. The van der Waals surface area contributed by atoms with E-state index in [1.165, 1.54) is 17.4 Å². The maximum absolute atomic E-state index is 12.3. The quantitative estimate of drug-likeness (QED) is 0.371. The number of nitrogen functional groups attached to an aromatic ring is 2. The van der Waals surface area contributed by atoms with Crippen molar-refractivity contribution in [3.8, 4) is 0 Å². The van der Waals surface area contributed by atoms with Crippen molar-refractivity contribution in [1.29, 1.82) is 0 Å². The minimum atomic E-state index is -0.398. The third-order valence-corrected chi connectivity index (χ3v) is 5.41. The van der Waals surface area contributed by atoms with Gasteiger partial charge >= 0.3 is 5.97 Å². The van der Waals surface area contributed by atoms with E-state index in [4.69, 9.17) is 16.2 Å². The number of rotatable bonds is 7. The molecule has 3 rings (SSSR count). The summed E-state index contributed by atoms with van der Waals surface area (Å²) in [5, 5.41) is 5.56. The largest absolute Gasteiger partial charge is 0.462 e. The molecule has 1 amide bonds. The highest BCUT2D eigenvalue weighted by Gasteiger charge is 2.32. The van der Waals surface area contributed by atoms with Gasteiger partial charge in [0.2, 0.25) is 5.91 Å². The van der Waals surface area contributed by atoms with Crippen molar-refractivity contribution < 1.29 is 14.3 Å². The number of nitrogens with one attached hydrogen (secondary N) is 1. The highest BCUT2D eigenvalue weighted by atomic mass is 32.2. The standard InChI is InChI=1S/C16H19N5O3S2/c1-2-24-15(23)13-9(8-3-4-8)6-25-14(13)21-12(22)7-26-16-19-10(17)5-11(18)20-16/h5-6,8H,2-4,7H2,1H3,(H,21,22)(H4,17,18,19,20). The predicted molar refractivity (Wildman–Crippen MR) is 102 cm³/mol. The number of carbonyl (C=O) groups excluding carboxylic acids is 2. The molecule has 138 valence electrons. The number of anilines is 3. The zero-order chi connectivity index (χ0) is 18.7. The van der Waals surface area contributed by atoms with E-state index in [1.807, 2.05) is 5.38 Å². The number of thiophene rings is 1. The van der Waals surface area contributed by atoms with Gasteiger partial charge in [0, 0.05) is 6.07 Å². The van der Waals surface area contributed by atoms with Crippen molar-refractivity contribution in [2.24, 2.45) is 0 Å². The molecule has 8 nitrogen and oxygen atoms in total. The van der Waals surface area contributed by atoms with Crippen LogP contribution in [0.25, 0.3) is 0 Å². The van der Waals surface area contributed by atoms with Gasteiger partial charge in [0.15, 0.2) is 5.16 Å².